The summed E-state index contributed by atoms with van der Waals surface area (Å²) in [6, 6.07) is 14.5. The maximum absolute atomic E-state index is 5.45. The minimum atomic E-state index is 0.194. The molecule has 23 heavy (non-hydrogen) atoms. The molecule has 3 nitrogen and oxygen atoms in total. The van der Waals surface area contributed by atoms with Gasteiger partial charge < -0.3 is 15.4 Å². The van der Waals surface area contributed by atoms with Crippen LogP contribution in [0.1, 0.15) is 36.1 Å². The van der Waals surface area contributed by atoms with Gasteiger partial charge in [-0.25, -0.2) is 0 Å². The molecule has 0 spiro atoms. The summed E-state index contributed by atoms with van der Waals surface area (Å²) in [5.41, 5.74) is 4.78. The van der Waals surface area contributed by atoms with Gasteiger partial charge in [0, 0.05) is 11.8 Å². The van der Waals surface area contributed by atoms with E-state index < -0.39 is 0 Å². The van der Waals surface area contributed by atoms with Crippen LogP contribution in [0.3, 0.4) is 0 Å². The fraction of sp³-hybridized carbons (Fsp3) is 0.316. The van der Waals surface area contributed by atoms with E-state index in [0.29, 0.717) is 5.11 Å². The molecule has 0 saturated heterocycles. The van der Waals surface area contributed by atoms with Gasteiger partial charge in [0.2, 0.25) is 0 Å². The standard InChI is InChI=1S/C19H24N2OS/c1-5-18(15-10-9-13(2)14(3)11-15)21-19(23)20-16-7-6-8-17(12-16)22-4/h6-12,18H,5H2,1-4H3,(H2,20,21,23)/t18-/m1/s1. The van der Waals surface area contributed by atoms with Crippen LogP contribution in [0.15, 0.2) is 42.5 Å². The first kappa shape index (κ1) is 17.3. The normalized spacial score (nSPS) is 11.7. The zero-order valence-corrected chi connectivity index (χ0v) is 15.0. The Morgan fingerprint density at radius 2 is 1.91 bits per heavy atom. The average molecular weight is 328 g/mol. The number of thiocarbonyl (C=S) groups is 1. The third-order valence-corrected chi connectivity index (χ3v) is 4.19. The van der Waals surface area contributed by atoms with Crippen molar-refractivity contribution in [3.63, 3.8) is 0 Å². The van der Waals surface area contributed by atoms with E-state index in [-0.39, 0.29) is 6.04 Å². The van der Waals surface area contributed by atoms with Crippen LogP contribution in [-0.2, 0) is 0 Å². The molecule has 2 N–H and O–H groups in total. The number of hydrogen-bond acceptors (Lipinski definition) is 2. The number of anilines is 1. The molecule has 2 aromatic carbocycles. The van der Waals surface area contributed by atoms with Crippen molar-refractivity contribution in [3.05, 3.63) is 59.2 Å². The predicted octanol–water partition coefficient (Wildman–Crippen LogP) is 4.75. The molecular formula is C19H24N2OS. The maximum Gasteiger partial charge on any atom is 0.171 e. The molecule has 0 aliphatic rings. The molecule has 0 heterocycles. The number of methoxy groups -OCH3 is 1. The first-order valence-corrected chi connectivity index (χ1v) is 8.23. The van der Waals surface area contributed by atoms with E-state index in [9.17, 15) is 0 Å². The van der Waals surface area contributed by atoms with Gasteiger partial charge in [0.15, 0.2) is 5.11 Å². The fourth-order valence-electron chi connectivity index (χ4n) is 2.43. The summed E-state index contributed by atoms with van der Waals surface area (Å²) in [4.78, 5) is 0. The molecular weight excluding hydrogens is 304 g/mol. The van der Waals surface area contributed by atoms with E-state index in [2.05, 4.69) is 49.6 Å². The van der Waals surface area contributed by atoms with Gasteiger partial charge in [0.1, 0.15) is 5.75 Å². The van der Waals surface area contributed by atoms with Crippen LogP contribution in [0.25, 0.3) is 0 Å². The minimum absolute atomic E-state index is 0.194. The zero-order chi connectivity index (χ0) is 16.8. The molecule has 122 valence electrons. The molecule has 0 amide bonds. The molecule has 2 aromatic rings. The van der Waals surface area contributed by atoms with Gasteiger partial charge in [-0.05, 0) is 61.3 Å². The molecule has 0 aliphatic heterocycles. The smallest absolute Gasteiger partial charge is 0.171 e. The Balaban J connectivity index is 2.05. The number of ether oxygens (including phenoxy) is 1. The molecule has 1 atom stereocenters. The summed E-state index contributed by atoms with van der Waals surface area (Å²) in [5, 5.41) is 7.23. The number of nitrogens with one attached hydrogen (secondary N) is 2. The topological polar surface area (TPSA) is 33.3 Å². The van der Waals surface area contributed by atoms with E-state index in [4.69, 9.17) is 17.0 Å². The maximum atomic E-state index is 5.45. The lowest BCUT2D eigenvalue weighted by Crippen LogP contribution is -2.32. The highest BCUT2D eigenvalue weighted by Crippen LogP contribution is 2.21. The Morgan fingerprint density at radius 1 is 1.13 bits per heavy atom. The van der Waals surface area contributed by atoms with Gasteiger partial charge in [0.25, 0.3) is 0 Å². The Labute approximate surface area is 144 Å². The van der Waals surface area contributed by atoms with Gasteiger partial charge in [-0.2, -0.15) is 0 Å². The van der Waals surface area contributed by atoms with Crippen LogP contribution in [-0.4, -0.2) is 12.2 Å². The van der Waals surface area contributed by atoms with Crippen molar-refractivity contribution in [2.75, 3.05) is 12.4 Å². The number of aryl methyl sites for hydroxylation is 2. The first-order valence-electron chi connectivity index (χ1n) is 7.82. The third kappa shape index (κ3) is 4.70. The highest BCUT2D eigenvalue weighted by Gasteiger charge is 2.11. The Bertz CT molecular complexity index is 685. The SMILES string of the molecule is CC[C@@H](NC(=S)Nc1cccc(OC)c1)c1ccc(C)c(C)c1. The lowest BCUT2D eigenvalue weighted by atomic mass is 9.99. The van der Waals surface area contributed by atoms with Crippen molar-refractivity contribution in [3.8, 4) is 5.75 Å². The predicted molar refractivity (Wildman–Crippen MR) is 101 cm³/mol. The van der Waals surface area contributed by atoms with Crippen LogP contribution in [0.4, 0.5) is 5.69 Å². The van der Waals surface area contributed by atoms with Gasteiger partial charge >= 0.3 is 0 Å². The summed E-state index contributed by atoms with van der Waals surface area (Å²) >= 11 is 5.45. The minimum Gasteiger partial charge on any atom is -0.497 e. The van der Waals surface area contributed by atoms with Crippen LogP contribution >= 0.6 is 12.2 Å². The molecule has 0 radical (unpaired) electrons. The van der Waals surface area contributed by atoms with Gasteiger partial charge in [-0.15, -0.1) is 0 Å². The van der Waals surface area contributed by atoms with Crippen LogP contribution in [0, 0.1) is 13.8 Å². The monoisotopic (exact) mass is 328 g/mol. The van der Waals surface area contributed by atoms with Crippen molar-refractivity contribution in [1.82, 2.24) is 5.32 Å². The molecule has 0 saturated carbocycles. The van der Waals surface area contributed by atoms with Crippen LogP contribution < -0.4 is 15.4 Å². The molecule has 0 fully saturated rings. The molecule has 4 heteroatoms. The van der Waals surface area contributed by atoms with Crippen molar-refractivity contribution in [2.24, 2.45) is 0 Å². The molecule has 0 unspecified atom stereocenters. The highest BCUT2D eigenvalue weighted by atomic mass is 32.1. The summed E-state index contributed by atoms with van der Waals surface area (Å²) in [5.74, 6) is 0.805. The Hall–Kier alpha value is -2.07. The van der Waals surface area contributed by atoms with Crippen LogP contribution in [0.2, 0.25) is 0 Å². The lowest BCUT2D eigenvalue weighted by molar-refractivity contribution is 0.415. The second-order valence-electron chi connectivity index (χ2n) is 5.63. The highest BCUT2D eigenvalue weighted by molar-refractivity contribution is 7.80. The van der Waals surface area contributed by atoms with E-state index in [1.165, 1.54) is 16.7 Å². The van der Waals surface area contributed by atoms with E-state index in [1.807, 2.05) is 24.3 Å². The lowest BCUT2D eigenvalue weighted by Gasteiger charge is -2.21. The second-order valence-corrected chi connectivity index (χ2v) is 6.04. The van der Waals surface area contributed by atoms with E-state index in [0.717, 1.165) is 17.9 Å². The van der Waals surface area contributed by atoms with Crippen LogP contribution in [0.5, 0.6) is 5.75 Å². The van der Waals surface area contributed by atoms with Crippen molar-refractivity contribution in [2.45, 2.75) is 33.2 Å². The fourth-order valence-corrected chi connectivity index (χ4v) is 2.69. The summed E-state index contributed by atoms with van der Waals surface area (Å²) in [7, 11) is 1.66. The quantitative estimate of drug-likeness (QED) is 0.776. The van der Waals surface area contributed by atoms with Gasteiger partial charge in [-0.1, -0.05) is 31.2 Å². The van der Waals surface area contributed by atoms with Gasteiger partial charge in [-0.3, -0.25) is 0 Å². The molecule has 0 aromatic heterocycles. The van der Waals surface area contributed by atoms with Crippen molar-refractivity contribution in [1.29, 1.82) is 0 Å². The number of benzene rings is 2. The van der Waals surface area contributed by atoms with Crippen molar-refractivity contribution >= 4 is 23.0 Å². The summed E-state index contributed by atoms with van der Waals surface area (Å²) in [6.07, 6.45) is 0.961. The Kier molecular flexibility index (Phi) is 5.99. The zero-order valence-electron chi connectivity index (χ0n) is 14.1. The largest absolute Gasteiger partial charge is 0.497 e. The number of hydrogen-bond donors (Lipinski definition) is 2. The first-order chi connectivity index (χ1) is 11.0. The van der Waals surface area contributed by atoms with Gasteiger partial charge in [0.05, 0.1) is 13.2 Å². The Morgan fingerprint density at radius 3 is 2.57 bits per heavy atom. The van der Waals surface area contributed by atoms with E-state index in [1.54, 1.807) is 7.11 Å². The average Bonchev–Trinajstić information content (AvgIpc) is 2.55. The molecule has 2 rings (SSSR count). The number of rotatable bonds is 5. The summed E-state index contributed by atoms with van der Waals surface area (Å²) in [6.45, 7) is 6.42. The second kappa shape index (κ2) is 7.97. The van der Waals surface area contributed by atoms with Crippen molar-refractivity contribution < 1.29 is 4.74 Å². The molecule has 0 aliphatic carbocycles. The van der Waals surface area contributed by atoms with E-state index >= 15 is 0 Å². The molecule has 0 bridgehead atoms. The third-order valence-electron chi connectivity index (χ3n) is 3.97. The summed E-state index contributed by atoms with van der Waals surface area (Å²) < 4.78 is 5.23.